The van der Waals surface area contributed by atoms with Crippen molar-refractivity contribution in [1.82, 2.24) is 14.3 Å². The summed E-state index contributed by atoms with van der Waals surface area (Å²) in [5.74, 6) is 0.584. The number of fused-ring (bicyclic) bond motifs is 1. The third-order valence-electron chi connectivity index (χ3n) is 5.12. The molecule has 9 heteroatoms. The van der Waals surface area contributed by atoms with Gasteiger partial charge >= 0.3 is 0 Å². The molecule has 0 unspecified atom stereocenters. The second-order valence-electron chi connectivity index (χ2n) is 7.08. The van der Waals surface area contributed by atoms with Gasteiger partial charge in [0.15, 0.2) is 11.0 Å². The number of piperazine rings is 1. The van der Waals surface area contributed by atoms with Gasteiger partial charge in [0.2, 0.25) is 10.0 Å². The van der Waals surface area contributed by atoms with Crippen LogP contribution in [0.4, 0.5) is 5.82 Å². The molecule has 152 valence electrons. The van der Waals surface area contributed by atoms with Gasteiger partial charge in [0, 0.05) is 31.2 Å². The van der Waals surface area contributed by atoms with Crippen molar-refractivity contribution in [2.45, 2.75) is 18.7 Å². The van der Waals surface area contributed by atoms with Gasteiger partial charge in [0.1, 0.15) is 0 Å². The zero-order valence-electron chi connectivity index (χ0n) is 16.1. The molecule has 3 aromatic rings. The van der Waals surface area contributed by atoms with Crippen LogP contribution in [0.1, 0.15) is 11.1 Å². The Kier molecular flexibility index (Phi) is 5.42. The predicted molar refractivity (Wildman–Crippen MR) is 116 cm³/mol. The van der Waals surface area contributed by atoms with E-state index in [1.54, 1.807) is 26.0 Å². The quantitative estimate of drug-likeness (QED) is 0.601. The number of sulfonamides is 1. The van der Waals surface area contributed by atoms with Crippen molar-refractivity contribution in [3.05, 3.63) is 57.7 Å². The van der Waals surface area contributed by atoms with Crippen LogP contribution in [-0.2, 0) is 10.0 Å². The maximum atomic E-state index is 13.2. The summed E-state index contributed by atoms with van der Waals surface area (Å²) in [6.07, 6.45) is 0. The molecule has 2 heterocycles. The molecule has 0 bridgehead atoms. The maximum absolute atomic E-state index is 13.2. The molecule has 0 aliphatic carbocycles. The van der Waals surface area contributed by atoms with E-state index in [0.29, 0.717) is 52.6 Å². The highest BCUT2D eigenvalue weighted by Gasteiger charge is 2.31. The van der Waals surface area contributed by atoms with Crippen LogP contribution in [0.25, 0.3) is 11.0 Å². The molecule has 1 aliphatic heterocycles. The SMILES string of the molecule is Cc1cc(S(=O)(=O)N2CCN(c3nc4ccccc4nc3Cl)CC2)c(C)cc1Cl. The average Bonchev–Trinajstić information content (AvgIpc) is 2.70. The number of para-hydroxylation sites is 2. The summed E-state index contributed by atoms with van der Waals surface area (Å²) in [7, 11) is -3.60. The van der Waals surface area contributed by atoms with Gasteiger partial charge in [-0.3, -0.25) is 0 Å². The van der Waals surface area contributed by atoms with E-state index in [-0.39, 0.29) is 0 Å². The van der Waals surface area contributed by atoms with Crippen LogP contribution in [0.3, 0.4) is 0 Å². The van der Waals surface area contributed by atoms with Gasteiger partial charge in [-0.25, -0.2) is 18.4 Å². The number of hydrogen-bond donors (Lipinski definition) is 0. The third kappa shape index (κ3) is 3.80. The van der Waals surface area contributed by atoms with Crippen molar-refractivity contribution < 1.29 is 8.42 Å². The molecule has 1 aromatic heterocycles. The summed E-state index contributed by atoms with van der Waals surface area (Å²) >= 11 is 12.5. The Bertz CT molecular complexity index is 1190. The van der Waals surface area contributed by atoms with Gasteiger partial charge < -0.3 is 4.90 Å². The highest BCUT2D eigenvalue weighted by atomic mass is 35.5. The lowest BCUT2D eigenvalue weighted by atomic mass is 10.2. The molecule has 1 aliphatic rings. The molecule has 0 spiro atoms. The van der Waals surface area contributed by atoms with Crippen LogP contribution in [0.5, 0.6) is 0 Å². The Labute approximate surface area is 180 Å². The fourth-order valence-electron chi connectivity index (χ4n) is 3.48. The number of anilines is 1. The minimum Gasteiger partial charge on any atom is -0.351 e. The fraction of sp³-hybridized carbons (Fsp3) is 0.300. The summed E-state index contributed by atoms with van der Waals surface area (Å²) in [6.45, 7) is 5.22. The van der Waals surface area contributed by atoms with Gasteiger partial charge in [-0.1, -0.05) is 35.3 Å². The molecule has 0 N–H and O–H groups in total. The first-order chi connectivity index (χ1) is 13.8. The van der Waals surface area contributed by atoms with E-state index >= 15 is 0 Å². The molecule has 1 saturated heterocycles. The van der Waals surface area contributed by atoms with Gasteiger partial charge in [0.05, 0.1) is 15.9 Å². The highest BCUT2D eigenvalue weighted by molar-refractivity contribution is 7.89. The maximum Gasteiger partial charge on any atom is 0.243 e. The molecular formula is C20H20Cl2N4O2S. The Morgan fingerprint density at radius 3 is 2.17 bits per heavy atom. The predicted octanol–water partition coefficient (Wildman–Crippen LogP) is 4.06. The van der Waals surface area contributed by atoms with Crippen molar-refractivity contribution in [3.63, 3.8) is 0 Å². The number of aromatic nitrogens is 2. The summed E-state index contributed by atoms with van der Waals surface area (Å²) in [5.41, 5.74) is 2.88. The molecule has 29 heavy (non-hydrogen) atoms. The van der Waals surface area contributed by atoms with Crippen molar-refractivity contribution >= 4 is 50.1 Å². The molecule has 0 saturated carbocycles. The lowest BCUT2D eigenvalue weighted by Crippen LogP contribution is -2.49. The first-order valence-corrected chi connectivity index (χ1v) is 11.4. The number of hydrogen-bond acceptors (Lipinski definition) is 5. The number of nitrogens with zero attached hydrogens (tertiary/aromatic N) is 4. The first kappa shape index (κ1) is 20.3. The second-order valence-corrected chi connectivity index (χ2v) is 9.76. The minimum atomic E-state index is -3.60. The number of rotatable bonds is 3. The fourth-order valence-corrected chi connectivity index (χ4v) is 5.67. The normalized spacial score (nSPS) is 15.8. The molecule has 0 amide bonds. The zero-order valence-corrected chi connectivity index (χ0v) is 18.4. The van der Waals surface area contributed by atoms with Gasteiger partial charge in [0.25, 0.3) is 0 Å². The second kappa shape index (κ2) is 7.72. The Morgan fingerprint density at radius 2 is 1.52 bits per heavy atom. The summed E-state index contributed by atoms with van der Waals surface area (Å²) in [6, 6.07) is 10.9. The summed E-state index contributed by atoms with van der Waals surface area (Å²) in [4.78, 5) is 11.3. The van der Waals surface area contributed by atoms with E-state index in [9.17, 15) is 8.42 Å². The molecule has 0 atom stereocenters. The standard InChI is InChI=1S/C20H20Cl2N4O2S/c1-13-12-18(14(2)11-15(13)21)29(27,28)26-9-7-25(8-10-26)20-19(22)23-16-5-3-4-6-17(16)24-20/h3-6,11-12H,7-10H2,1-2H3. The van der Waals surface area contributed by atoms with Crippen LogP contribution in [0.15, 0.2) is 41.3 Å². The minimum absolute atomic E-state index is 0.302. The van der Waals surface area contributed by atoms with Crippen molar-refractivity contribution in [1.29, 1.82) is 0 Å². The van der Waals surface area contributed by atoms with Crippen molar-refractivity contribution in [3.8, 4) is 0 Å². The Morgan fingerprint density at radius 1 is 0.897 bits per heavy atom. The number of benzene rings is 2. The van der Waals surface area contributed by atoms with Crippen molar-refractivity contribution in [2.75, 3.05) is 31.1 Å². The highest BCUT2D eigenvalue weighted by Crippen LogP contribution is 2.29. The largest absolute Gasteiger partial charge is 0.351 e. The van der Waals surface area contributed by atoms with Crippen molar-refractivity contribution in [2.24, 2.45) is 0 Å². The molecular weight excluding hydrogens is 431 g/mol. The van der Waals surface area contributed by atoms with Crippen LogP contribution < -0.4 is 4.90 Å². The topological polar surface area (TPSA) is 66.4 Å². The number of halogens is 2. The molecule has 2 aromatic carbocycles. The van der Waals surface area contributed by atoms with E-state index < -0.39 is 10.0 Å². The Hall–Kier alpha value is -1.93. The molecule has 1 fully saturated rings. The van der Waals surface area contributed by atoms with E-state index in [1.807, 2.05) is 29.2 Å². The van der Waals surface area contributed by atoms with Crippen LogP contribution in [-0.4, -0.2) is 48.9 Å². The summed E-state index contributed by atoms with van der Waals surface area (Å²) in [5, 5.41) is 0.889. The van der Waals surface area contributed by atoms with Crippen LogP contribution in [0.2, 0.25) is 10.2 Å². The lowest BCUT2D eigenvalue weighted by Gasteiger charge is -2.35. The van der Waals surface area contributed by atoms with Gasteiger partial charge in [-0.05, 0) is 49.2 Å². The van der Waals surface area contributed by atoms with E-state index in [1.165, 1.54) is 4.31 Å². The summed E-state index contributed by atoms with van der Waals surface area (Å²) < 4.78 is 27.8. The Balaban J connectivity index is 1.57. The zero-order chi connectivity index (χ0) is 20.8. The first-order valence-electron chi connectivity index (χ1n) is 9.21. The van der Waals surface area contributed by atoms with E-state index in [2.05, 4.69) is 9.97 Å². The van der Waals surface area contributed by atoms with Gasteiger partial charge in [-0.15, -0.1) is 0 Å². The molecule has 0 radical (unpaired) electrons. The third-order valence-corrected chi connectivity index (χ3v) is 7.82. The van der Waals surface area contributed by atoms with E-state index in [0.717, 1.165) is 16.6 Å². The van der Waals surface area contributed by atoms with Gasteiger partial charge in [-0.2, -0.15) is 4.31 Å². The molecule has 6 nitrogen and oxygen atoms in total. The van der Waals surface area contributed by atoms with Crippen LogP contribution in [0, 0.1) is 13.8 Å². The average molecular weight is 451 g/mol. The number of aryl methyl sites for hydroxylation is 2. The molecule has 4 rings (SSSR count). The van der Waals surface area contributed by atoms with E-state index in [4.69, 9.17) is 23.2 Å². The lowest BCUT2D eigenvalue weighted by molar-refractivity contribution is 0.383. The monoisotopic (exact) mass is 450 g/mol. The smallest absolute Gasteiger partial charge is 0.243 e. The van der Waals surface area contributed by atoms with Crippen LogP contribution >= 0.6 is 23.2 Å².